The Morgan fingerprint density at radius 3 is 2.70 bits per heavy atom. The molecular weight excluding hydrogens is 260 g/mol. The van der Waals surface area contributed by atoms with Crippen molar-refractivity contribution >= 4 is 12.0 Å². The van der Waals surface area contributed by atoms with Crippen molar-refractivity contribution in [2.45, 2.75) is 20.4 Å². The van der Waals surface area contributed by atoms with Crippen molar-refractivity contribution in [3.8, 4) is 0 Å². The van der Waals surface area contributed by atoms with Crippen LogP contribution >= 0.6 is 0 Å². The van der Waals surface area contributed by atoms with Crippen LogP contribution in [0.4, 0.5) is 4.79 Å². The van der Waals surface area contributed by atoms with Crippen LogP contribution < -0.4 is 5.32 Å². The van der Waals surface area contributed by atoms with E-state index >= 15 is 0 Å². The number of methoxy groups -OCH3 is 1. The van der Waals surface area contributed by atoms with Gasteiger partial charge >= 0.3 is 12.0 Å². The van der Waals surface area contributed by atoms with Gasteiger partial charge in [-0.25, -0.2) is 9.59 Å². The molecule has 6 nitrogen and oxygen atoms in total. The lowest BCUT2D eigenvalue weighted by Gasteiger charge is -2.17. The summed E-state index contributed by atoms with van der Waals surface area (Å²) in [4.78, 5) is 24.7. The molecule has 0 atom stereocenters. The molecule has 0 spiro atoms. The standard InChI is InChI=1S/C14H20N2O4/c1-9(2)8-16(4)14(18)15-7-11-6-12(10(3)20-11)13(17)19-5/h6H,1,7-8H2,2-5H3,(H,15,18). The van der Waals surface area contributed by atoms with Gasteiger partial charge in [0, 0.05) is 13.6 Å². The van der Waals surface area contributed by atoms with E-state index in [1.165, 1.54) is 12.0 Å². The van der Waals surface area contributed by atoms with Crippen LogP contribution in [-0.4, -0.2) is 37.6 Å². The Kier molecular flexibility index (Phi) is 5.37. The number of carbonyl (C=O) groups is 2. The number of likely N-dealkylation sites (N-methyl/N-ethyl adjacent to an activating group) is 1. The molecule has 0 aliphatic heterocycles. The number of urea groups is 1. The molecule has 1 aromatic rings. The minimum absolute atomic E-state index is 0.206. The average molecular weight is 280 g/mol. The maximum Gasteiger partial charge on any atom is 0.341 e. The summed E-state index contributed by atoms with van der Waals surface area (Å²) in [6, 6.07) is 1.34. The molecule has 0 bridgehead atoms. The maximum absolute atomic E-state index is 11.8. The fraction of sp³-hybridized carbons (Fsp3) is 0.429. The second-order valence-corrected chi connectivity index (χ2v) is 4.65. The summed E-state index contributed by atoms with van der Waals surface area (Å²) < 4.78 is 10.0. The molecule has 1 rings (SSSR count). The van der Waals surface area contributed by atoms with E-state index in [4.69, 9.17) is 4.42 Å². The molecule has 20 heavy (non-hydrogen) atoms. The molecular formula is C14H20N2O4. The molecule has 1 N–H and O–H groups in total. The normalized spacial score (nSPS) is 10.0. The van der Waals surface area contributed by atoms with Crippen LogP contribution in [0.3, 0.4) is 0 Å². The molecule has 1 aromatic heterocycles. The van der Waals surface area contributed by atoms with Crippen molar-refractivity contribution in [2.24, 2.45) is 0 Å². The lowest BCUT2D eigenvalue weighted by molar-refractivity contribution is 0.0598. The number of aryl methyl sites for hydroxylation is 1. The topological polar surface area (TPSA) is 71.8 Å². The van der Waals surface area contributed by atoms with Crippen LogP contribution in [0.1, 0.15) is 28.8 Å². The van der Waals surface area contributed by atoms with Crippen LogP contribution in [0, 0.1) is 6.92 Å². The van der Waals surface area contributed by atoms with Crippen molar-refractivity contribution in [3.05, 3.63) is 35.3 Å². The van der Waals surface area contributed by atoms with Crippen molar-refractivity contribution in [3.63, 3.8) is 0 Å². The van der Waals surface area contributed by atoms with Crippen molar-refractivity contribution in [2.75, 3.05) is 20.7 Å². The second-order valence-electron chi connectivity index (χ2n) is 4.65. The fourth-order valence-electron chi connectivity index (χ4n) is 1.72. The highest BCUT2D eigenvalue weighted by atomic mass is 16.5. The summed E-state index contributed by atoms with van der Waals surface area (Å²) in [7, 11) is 2.99. The number of esters is 1. The SMILES string of the molecule is C=C(C)CN(C)C(=O)NCc1cc(C(=O)OC)c(C)o1. The van der Waals surface area contributed by atoms with E-state index < -0.39 is 5.97 Å². The van der Waals surface area contributed by atoms with Crippen LogP contribution in [0.2, 0.25) is 0 Å². The summed E-state index contributed by atoms with van der Waals surface area (Å²) in [5.74, 6) is 0.514. The monoisotopic (exact) mass is 280 g/mol. The molecule has 0 aliphatic carbocycles. The molecule has 2 amide bonds. The van der Waals surface area contributed by atoms with Gasteiger partial charge in [-0.1, -0.05) is 12.2 Å². The van der Waals surface area contributed by atoms with Crippen LogP contribution in [0.15, 0.2) is 22.6 Å². The van der Waals surface area contributed by atoms with Gasteiger partial charge in [0.15, 0.2) is 0 Å². The first-order chi connectivity index (χ1) is 9.35. The van der Waals surface area contributed by atoms with Crippen molar-refractivity contribution in [1.29, 1.82) is 0 Å². The first-order valence-electron chi connectivity index (χ1n) is 6.16. The van der Waals surface area contributed by atoms with Gasteiger partial charge in [0.1, 0.15) is 17.1 Å². The summed E-state index contributed by atoms with van der Waals surface area (Å²) in [6.45, 7) is 7.96. The van der Waals surface area contributed by atoms with Crippen LogP contribution in [0.25, 0.3) is 0 Å². The number of ether oxygens (including phenoxy) is 1. The minimum Gasteiger partial charge on any atom is -0.465 e. The lowest BCUT2D eigenvalue weighted by Crippen LogP contribution is -2.37. The fourth-order valence-corrected chi connectivity index (χ4v) is 1.72. The molecule has 110 valence electrons. The third-order valence-corrected chi connectivity index (χ3v) is 2.64. The maximum atomic E-state index is 11.8. The Labute approximate surface area is 118 Å². The smallest absolute Gasteiger partial charge is 0.341 e. The second kappa shape index (κ2) is 6.79. The third kappa shape index (κ3) is 4.15. The summed E-state index contributed by atoms with van der Waals surface area (Å²) in [5, 5.41) is 2.70. The summed E-state index contributed by atoms with van der Waals surface area (Å²) in [5.41, 5.74) is 1.26. The summed E-state index contributed by atoms with van der Waals surface area (Å²) in [6.07, 6.45) is 0. The largest absolute Gasteiger partial charge is 0.465 e. The Hall–Kier alpha value is -2.24. The highest BCUT2D eigenvalue weighted by molar-refractivity contribution is 5.90. The van der Waals surface area contributed by atoms with Gasteiger partial charge in [0.2, 0.25) is 0 Å². The zero-order valence-electron chi connectivity index (χ0n) is 12.3. The van der Waals surface area contributed by atoms with E-state index in [1.807, 2.05) is 6.92 Å². The zero-order valence-corrected chi connectivity index (χ0v) is 12.3. The van der Waals surface area contributed by atoms with Crippen LogP contribution in [-0.2, 0) is 11.3 Å². The highest BCUT2D eigenvalue weighted by Crippen LogP contribution is 2.15. The Morgan fingerprint density at radius 1 is 1.50 bits per heavy atom. The molecule has 0 saturated heterocycles. The predicted octanol–water partition coefficient (Wildman–Crippen LogP) is 2.09. The van der Waals surface area contributed by atoms with Gasteiger partial charge in [0.25, 0.3) is 0 Å². The van der Waals surface area contributed by atoms with E-state index in [-0.39, 0.29) is 12.6 Å². The molecule has 0 aromatic carbocycles. The minimum atomic E-state index is -0.455. The first kappa shape index (κ1) is 15.8. The molecule has 0 fully saturated rings. The quantitative estimate of drug-likeness (QED) is 0.662. The number of amides is 2. The van der Waals surface area contributed by atoms with Gasteiger partial charge in [-0.2, -0.15) is 0 Å². The first-order valence-corrected chi connectivity index (χ1v) is 6.16. The van der Waals surface area contributed by atoms with Gasteiger partial charge in [-0.3, -0.25) is 0 Å². The number of hydrogen-bond acceptors (Lipinski definition) is 4. The van der Waals surface area contributed by atoms with Gasteiger partial charge in [0.05, 0.1) is 13.7 Å². The van der Waals surface area contributed by atoms with Crippen LogP contribution in [0.5, 0.6) is 0 Å². The number of rotatable bonds is 5. The van der Waals surface area contributed by atoms with Gasteiger partial charge < -0.3 is 19.4 Å². The molecule has 0 aliphatic rings. The molecule has 1 heterocycles. The number of nitrogens with one attached hydrogen (secondary N) is 1. The number of nitrogens with zero attached hydrogens (tertiary/aromatic N) is 1. The molecule has 6 heteroatoms. The molecule has 0 unspecified atom stereocenters. The summed E-state index contributed by atoms with van der Waals surface area (Å²) >= 11 is 0. The number of hydrogen-bond donors (Lipinski definition) is 1. The number of furan rings is 1. The Bertz CT molecular complexity index is 519. The third-order valence-electron chi connectivity index (χ3n) is 2.64. The predicted molar refractivity (Wildman–Crippen MR) is 74.5 cm³/mol. The lowest BCUT2D eigenvalue weighted by atomic mass is 10.2. The zero-order chi connectivity index (χ0) is 15.3. The van der Waals surface area contributed by atoms with Crippen molar-refractivity contribution < 1.29 is 18.7 Å². The highest BCUT2D eigenvalue weighted by Gasteiger charge is 2.16. The molecule has 0 radical (unpaired) electrons. The Balaban J connectivity index is 2.60. The van der Waals surface area contributed by atoms with Crippen molar-refractivity contribution in [1.82, 2.24) is 10.2 Å². The number of carbonyl (C=O) groups excluding carboxylic acids is 2. The average Bonchev–Trinajstić information content (AvgIpc) is 2.75. The van der Waals surface area contributed by atoms with Gasteiger partial charge in [-0.05, 0) is 19.9 Å². The Morgan fingerprint density at radius 2 is 2.15 bits per heavy atom. The van der Waals surface area contributed by atoms with Gasteiger partial charge in [-0.15, -0.1) is 0 Å². The van der Waals surface area contributed by atoms with E-state index in [0.29, 0.717) is 23.6 Å². The van der Waals surface area contributed by atoms with E-state index in [1.54, 1.807) is 20.0 Å². The molecule has 0 saturated carbocycles. The van der Waals surface area contributed by atoms with E-state index in [2.05, 4.69) is 16.6 Å². The van der Waals surface area contributed by atoms with E-state index in [0.717, 1.165) is 5.57 Å². The van der Waals surface area contributed by atoms with E-state index in [9.17, 15) is 9.59 Å².